The predicted octanol–water partition coefficient (Wildman–Crippen LogP) is 4.67. The van der Waals surface area contributed by atoms with E-state index in [9.17, 15) is 9.59 Å². The summed E-state index contributed by atoms with van der Waals surface area (Å²) >= 11 is 0. The molecule has 168 valence electrons. The van der Waals surface area contributed by atoms with E-state index in [4.69, 9.17) is 4.74 Å². The Labute approximate surface area is 182 Å². The van der Waals surface area contributed by atoms with Gasteiger partial charge in [0, 0.05) is 38.8 Å². The summed E-state index contributed by atoms with van der Waals surface area (Å²) in [5.74, 6) is 0.134. The summed E-state index contributed by atoms with van der Waals surface area (Å²) in [6.45, 7) is 13.1. The monoisotopic (exact) mass is 417 g/mol. The molecule has 1 N–H and O–H groups in total. The molecule has 30 heavy (non-hydrogen) atoms. The van der Waals surface area contributed by atoms with Gasteiger partial charge in [0.2, 0.25) is 5.91 Å². The van der Waals surface area contributed by atoms with Gasteiger partial charge in [-0.2, -0.15) is 0 Å². The molecule has 3 rings (SSSR count). The summed E-state index contributed by atoms with van der Waals surface area (Å²) in [5.41, 5.74) is 1.55. The van der Waals surface area contributed by atoms with Gasteiger partial charge in [0.05, 0.1) is 5.54 Å². The highest BCUT2D eigenvalue weighted by molar-refractivity contribution is 5.73. The first kappa shape index (κ1) is 24.0. The summed E-state index contributed by atoms with van der Waals surface area (Å²) < 4.78 is 5.41. The number of carbonyl (C=O) groups excluding carboxylic acids is 2. The highest BCUT2D eigenvalue weighted by atomic mass is 16.6. The molecule has 1 saturated heterocycles. The lowest BCUT2D eigenvalue weighted by Crippen LogP contribution is -2.45. The number of hydrogen-bond donors (Lipinski definition) is 1. The molecule has 1 saturated carbocycles. The van der Waals surface area contributed by atoms with Crippen LogP contribution in [-0.2, 0) is 15.1 Å². The van der Waals surface area contributed by atoms with E-state index in [-0.39, 0.29) is 17.5 Å². The second kappa shape index (κ2) is 9.71. The molecule has 0 unspecified atom stereocenters. The molecule has 1 aliphatic carbocycles. The number of piperidine rings is 1. The summed E-state index contributed by atoms with van der Waals surface area (Å²) in [6.07, 6.45) is 3.50. The van der Waals surface area contributed by atoms with Crippen molar-refractivity contribution in [3.63, 3.8) is 0 Å². The van der Waals surface area contributed by atoms with Crippen molar-refractivity contribution < 1.29 is 14.3 Å². The summed E-state index contributed by atoms with van der Waals surface area (Å²) in [5, 5.41) is 3.06. The number of nitrogens with zero attached hydrogens (tertiary/aromatic N) is 2. The van der Waals surface area contributed by atoms with E-state index < -0.39 is 5.60 Å². The molecule has 6 nitrogen and oxygen atoms in total. The average molecular weight is 418 g/mol. The molecule has 6 heteroatoms. The molecule has 0 atom stereocenters. The van der Waals surface area contributed by atoms with Gasteiger partial charge in [-0.05, 0) is 64.2 Å². The lowest BCUT2D eigenvalue weighted by Gasteiger charge is -2.37. The molecule has 0 bridgehead atoms. The number of ether oxygens (including phenoxy) is 1. The minimum absolute atomic E-state index is 0.134. The molecule has 2 aliphatic rings. The van der Waals surface area contributed by atoms with Crippen LogP contribution < -0.4 is 10.2 Å². The lowest BCUT2D eigenvalue weighted by atomic mass is 10.0. The van der Waals surface area contributed by atoms with Crippen LogP contribution in [0.3, 0.4) is 0 Å². The zero-order chi connectivity index (χ0) is 22.5. The topological polar surface area (TPSA) is 61.9 Å². The van der Waals surface area contributed by atoms with Gasteiger partial charge in [-0.25, -0.2) is 4.79 Å². The Balaban J connectivity index is 0.00000155. The maximum Gasteiger partial charge on any atom is 0.408 e. The first-order chi connectivity index (χ1) is 14.1. The third-order valence-corrected chi connectivity index (χ3v) is 5.78. The van der Waals surface area contributed by atoms with Gasteiger partial charge in [-0.3, -0.25) is 4.79 Å². The van der Waals surface area contributed by atoms with E-state index in [1.807, 2.05) is 46.6 Å². The van der Waals surface area contributed by atoms with Crippen molar-refractivity contribution in [3.05, 3.63) is 29.8 Å². The Kier molecular flexibility index (Phi) is 7.78. The van der Waals surface area contributed by atoms with Crippen LogP contribution in [0.25, 0.3) is 0 Å². The largest absolute Gasteiger partial charge is 0.444 e. The minimum Gasteiger partial charge on any atom is -0.444 e. The Morgan fingerprint density at radius 3 is 2.07 bits per heavy atom. The van der Waals surface area contributed by atoms with Crippen molar-refractivity contribution in [1.82, 2.24) is 10.2 Å². The van der Waals surface area contributed by atoms with Gasteiger partial charge in [0.15, 0.2) is 0 Å². The molecule has 1 heterocycles. The van der Waals surface area contributed by atoms with Crippen molar-refractivity contribution in [3.8, 4) is 0 Å². The molecule has 1 aromatic carbocycles. The fourth-order valence-electron chi connectivity index (χ4n) is 3.87. The Morgan fingerprint density at radius 2 is 1.63 bits per heavy atom. The maximum atomic E-state index is 12.2. The van der Waals surface area contributed by atoms with Gasteiger partial charge in [-0.15, -0.1) is 0 Å². The third kappa shape index (κ3) is 6.13. The molecule has 2 amide bonds. The number of hydrogen-bond acceptors (Lipinski definition) is 4. The van der Waals surface area contributed by atoms with E-state index in [1.165, 1.54) is 5.69 Å². The minimum atomic E-state index is -0.493. The highest BCUT2D eigenvalue weighted by Gasteiger charge is 2.46. The predicted molar refractivity (Wildman–Crippen MR) is 122 cm³/mol. The van der Waals surface area contributed by atoms with Crippen LogP contribution >= 0.6 is 0 Å². The zero-order valence-corrected chi connectivity index (χ0v) is 19.7. The highest BCUT2D eigenvalue weighted by Crippen LogP contribution is 2.46. The number of anilines is 1. The average Bonchev–Trinajstić information content (AvgIpc) is 3.48. The zero-order valence-electron chi connectivity index (χ0n) is 19.7. The molecule has 0 aromatic heterocycles. The third-order valence-electron chi connectivity index (χ3n) is 5.78. The summed E-state index contributed by atoms with van der Waals surface area (Å²) in [4.78, 5) is 28.0. The van der Waals surface area contributed by atoms with Gasteiger partial charge in [0.25, 0.3) is 0 Å². The van der Waals surface area contributed by atoms with Crippen LogP contribution in [0.4, 0.5) is 10.5 Å². The number of rotatable bonds is 4. The number of alkyl carbamates (subject to hydrolysis) is 1. The summed E-state index contributed by atoms with van der Waals surface area (Å²) in [6, 6.07) is 8.85. The number of amides is 2. The SMILES string of the molecule is CC.CC(=O)N(C)C1CCN(c2ccc(C3(NC(=O)OC(C)(C)C)CC3)cc2)CC1. The molecule has 1 aliphatic heterocycles. The van der Waals surface area contributed by atoms with E-state index in [2.05, 4.69) is 34.5 Å². The van der Waals surface area contributed by atoms with E-state index in [1.54, 1.807) is 6.92 Å². The molecule has 0 radical (unpaired) electrons. The fraction of sp³-hybridized carbons (Fsp3) is 0.667. The number of nitrogens with one attached hydrogen (secondary N) is 1. The van der Waals surface area contributed by atoms with Crippen LogP contribution in [0.5, 0.6) is 0 Å². The van der Waals surface area contributed by atoms with Gasteiger partial charge in [0.1, 0.15) is 5.60 Å². The Morgan fingerprint density at radius 1 is 1.10 bits per heavy atom. The molecular weight excluding hydrogens is 378 g/mol. The van der Waals surface area contributed by atoms with E-state index >= 15 is 0 Å². The van der Waals surface area contributed by atoms with Crippen molar-refractivity contribution in [2.24, 2.45) is 0 Å². The van der Waals surface area contributed by atoms with Gasteiger partial charge in [-0.1, -0.05) is 26.0 Å². The van der Waals surface area contributed by atoms with Crippen molar-refractivity contribution in [1.29, 1.82) is 0 Å². The normalized spacial score (nSPS) is 18.0. The second-order valence-electron chi connectivity index (χ2n) is 9.10. The molecule has 2 fully saturated rings. The molecular formula is C24H39N3O3. The summed E-state index contributed by atoms with van der Waals surface area (Å²) in [7, 11) is 1.89. The molecule has 0 spiro atoms. The van der Waals surface area contributed by atoms with Gasteiger partial charge >= 0.3 is 6.09 Å². The van der Waals surface area contributed by atoms with Crippen molar-refractivity contribution in [2.45, 2.75) is 84.4 Å². The van der Waals surface area contributed by atoms with E-state index in [0.29, 0.717) is 6.04 Å². The Bertz CT molecular complexity index is 712. The van der Waals surface area contributed by atoms with Crippen LogP contribution in [0, 0.1) is 0 Å². The van der Waals surface area contributed by atoms with Crippen molar-refractivity contribution in [2.75, 3.05) is 25.0 Å². The quantitative estimate of drug-likeness (QED) is 0.773. The number of benzene rings is 1. The van der Waals surface area contributed by atoms with Gasteiger partial charge < -0.3 is 19.9 Å². The van der Waals surface area contributed by atoms with Crippen LogP contribution in [0.1, 0.15) is 72.8 Å². The van der Waals surface area contributed by atoms with E-state index in [0.717, 1.165) is 44.3 Å². The lowest BCUT2D eigenvalue weighted by molar-refractivity contribution is -0.129. The van der Waals surface area contributed by atoms with Crippen LogP contribution in [0.2, 0.25) is 0 Å². The van der Waals surface area contributed by atoms with Crippen molar-refractivity contribution >= 4 is 17.7 Å². The van der Waals surface area contributed by atoms with Crippen LogP contribution in [-0.4, -0.2) is 48.7 Å². The Hall–Kier alpha value is -2.24. The standard InChI is InChI=1S/C22H33N3O3.C2H6/c1-16(26)24(5)18-10-14-25(15-11-18)19-8-6-17(7-9-19)22(12-13-22)23-20(27)28-21(2,3)4;1-2/h6-9,18H,10-15H2,1-5H3,(H,23,27);1-2H3. The fourth-order valence-corrected chi connectivity index (χ4v) is 3.87. The molecule has 1 aromatic rings. The smallest absolute Gasteiger partial charge is 0.408 e. The maximum absolute atomic E-state index is 12.2. The first-order valence-electron chi connectivity index (χ1n) is 11.2. The number of carbonyl (C=O) groups is 2. The van der Waals surface area contributed by atoms with Crippen LogP contribution in [0.15, 0.2) is 24.3 Å². The first-order valence-corrected chi connectivity index (χ1v) is 11.2. The second-order valence-corrected chi connectivity index (χ2v) is 9.10.